The first-order valence-electron chi connectivity index (χ1n) is 3.84. The standard InChI is InChI=1S/C10H8O4/c11-9(12)6-7-10(13)14-8-4-2-1-3-5-8/h1-7H,(H,11,12)/p-1/b7-6+. The quantitative estimate of drug-likeness (QED) is 0.380. The molecule has 14 heavy (non-hydrogen) atoms. The van der Waals surface area contributed by atoms with Crippen LogP contribution in [0.1, 0.15) is 0 Å². The minimum atomic E-state index is -1.44. The number of hydrogen-bond acceptors (Lipinski definition) is 4. The lowest BCUT2D eigenvalue weighted by molar-refractivity contribution is -0.297. The normalized spacial score (nSPS) is 10.0. The molecule has 0 aromatic heterocycles. The molecule has 0 saturated carbocycles. The smallest absolute Gasteiger partial charge is 0.336 e. The molecule has 72 valence electrons. The van der Waals surface area contributed by atoms with Crippen LogP contribution >= 0.6 is 0 Å². The van der Waals surface area contributed by atoms with Gasteiger partial charge < -0.3 is 14.6 Å². The molecule has 1 aromatic rings. The second kappa shape index (κ2) is 4.81. The number of rotatable bonds is 3. The van der Waals surface area contributed by atoms with Crippen LogP contribution in [0.3, 0.4) is 0 Å². The van der Waals surface area contributed by atoms with E-state index in [1.54, 1.807) is 30.3 Å². The van der Waals surface area contributed by atoms with E-state index in [0.717, 1.165) is 6.08 Å². The molecule has 0 unspecified atom stereocenters. The first-order chi connectivity index (χ1) is 6.68. The molecule has 0 spiro atoms. The molecule has 1 aromatic carbocycles. The highest BCUT2D eigenvalue weighted by Crippen LogP contribution is 2.08. The SMILES string of the molecule is O=C([O-])/C=C/C(=O)Oc1ccccc1. The van der Waals surface area contributed by atoms with Gasteiger partial charge in [-0.2, -0.15) is 0 Å². The Morgan fingerprint density at radius 1 is 1.14 bits per heavy atom. The molecule has 0 heterocycles. The van der Waals surface area contributed by atoms with Gasteiger partial charge in [0.25, 0.3) is 0 Å². The van der Waals surface area contributed by atoms with Crippen LogP contribution in [0.2, 0.25) is 0 Å². The average Bonchev–Trinajstić information content (AvgIpc) is 2.16. The second-order valence-corrected chi connectivity index (χ2v) is 2.39. The van der Waals surface area contributed by atoms with Crippen LogP contribution in [-0.4, -0.2) is 11.9 Å². The highest BCUT2D eigenvalue weighted by atomic mass is 16.5. The van der Waals surface area contributed by atoms with Gasteiger partial charge in [0.05, 0.1) is 5.97 Å². The van der Waals surface area contributed by atoms with Crippen molar-refractivity contribution in [3.63, 3.8) is 0 Å². The van der Waals surface area contributed by atoms with Crippen LogP contribution in [0.5, 0.6) is 5.75 Å². The van der Waals surface area contributed by atoms with Crippen molar-refractivity contribution in [1.29, 1.82) is 0 Å². The summed E-state index contributed by atoms with van der Waals surface area (Å²) < 4.78 is 4.75. The van der Waals surface area contributed by atoms with Crippen LogP contribution in [0.25, 0.3) is 0 Å². The maximum absolute atomic E-state index is 10.9. The molecule has 4 nitrogen and oxygen atoms in total. The lowest BCUT2D eigenvalue weighted by atomic mass is 10.3. The van der Waals surface area contributed by atoms with Crippen LogP contribution in [0.4, 0.5) is 0 Å². The molecule has 0 N–H and O–H groups in total. The van der Waals surface area contributed by atoms with E-state index in [1.165, 1.54) is 0 Å². The lowest BCUT2D eigenvalue weighted by Crippen LogP contribution is -2.19. The van der Waals surface area contributed by atoms with Crippen LogP contribution in [0, 0.1) is 0 Å². The fourth-order valence-electron chi connectivity index (χ4n) is 0.775. The van der Waals surface area contributed by atoms with Gasteiger partial charge in [-0.3, -0.25) is 0 Å². The number of aliphatic carboxylic acids is 1. The predicted octanol–water partition coefficient (Wildman–Crippen LogP) is -0.102. The van der Waals surface area contributed by atoms with Crippen molar-refractivity contribution < 1.29 is 19.4 Å². The van der Waals surface area contributed by atoms with E-state index < -0.39 is 11.9 Å². The Morgan fingerprint density at radius 3 is 2.36 bits per heavy atom. The van der Waals surface area contributed by atoms with E-state index in [2.05, 4.69) is 0 Å². The van der Waals surface area contributed by atoms with Gasteiger partial charge in [0.2, 0.25) is 0 Å². The van der Waals surface area contributed by atoms with Crippen molar-refractivity contribution in [2.45, 2.75) is 0 Å². The Hall–Kier alpha value is -2.10. The van der Waals surface area contributed by atoms with Crippen LogP contribution in [0.15, 0.2) is 42.5 Å². The van der Waals surface area contributed by atoms with Gasteiger partial charge in [-0.15, -0.1) is 0 Å². The monoisotopic (exact) mass is 191 g/mol. The van der Waals surface area contributed by atoms with Crippen molar-refractivity contribution in [2.24, 2.45) is 0 Å². The fraction of sp³-hybridized carbons (Fsp3) is 0. The number of hydrogen-bond donors (Lipinski definition) is 0. The first-order valence-corrected chi connectivity index (χ1v) is 3.84. The zero-order valence-corrected chi connectivity index (χ0v) is 7.17. The first kappa shape index (κ1) is 9.98. The molecular weight excluding hydrogens is 184 g/mol. The number of para-hydroxylation sites is 1. The van der Waals surface area contributed by atoms with E-state index >= 15 is 0 Å². The largest absolute Gasteiger partial charge is 0.545 e. The number of carboxylic acid groups (broad SMARTS) is 1. The Balaban J connectivity index is 2.54. The van der Waals surface area contributed by atoms with Gasteiger partial charge in [-0.1, -0.05) is 18.2 Å². The Morgan fingerprint density at radius 2 is 1.79 bits per heavy atom. The molecule has 0 fully saturated rings. The zero-order valence-electron chi connectivity index (χ0n) is 7.17. The summed E-state index contributed by atoms with van der Waals surface area (Å²) in [7, 11) is 0. The molecule has 0 radical (unpaired) electrons. The van der Waals surface area contributed by atoms with Gasteiger partial charge in [-0.05, 0) is 18.2 Å². The van der Waals surface area contributed by atoms with Gasteiger partial charge in [0.1, 0.15) is 5.75 Å². The minimum Gasteiger partial charge on any atom is -0.545 e. The highest BCUT2D eigenvalue weighted by Gasteiger charge is 1.97. The summed E-state index contributed by atoms with van der Waals surface area (Å²) in [4.78, 5) is 20.9. The summed E-state index contributed by atoms with van der Waals surface area (Å²) in [6.07, 6.45) is 1.41. The summed E-state index contributed by atoms with van der Waals surface area (Å²) in [6, 6.07) is 8.35. The maximum atomic E-state index is 10.9. The molecule has 0 atom stereocenters. The molecule has 0 aliphatic heterocycles. The molecule has 1 rings (SSSR count). The molecule has 4 heteroatoms. The molecule has 0 aliphatic rings. The number of carbonyl (C=O) groups is 2. The predicted molar refractivity (Wildman–Crippen MR) is 46.2 cm³/mol. The number of benzene rings is 1. The summed E-state index contributed by atoms with van der Waals surface area (Å²) in [5, 5.41) is 9.95. The third-order valence-electron chi connectivity index (χ3n) is 1.32. The molecule has 0 bridgehead atoms. The van der Waals surface area contributed by atoms with Crippen molar-refractivity contribution >= 4 is 11.9 Å². The number of esters is 1. The summed E-state index contributed by atoms with van der Waals surface area (Å²) >= 11 is 0. The van der Waals surface area contributed by atoms with Crippen molar-refractivity contribution in [1.82, 2.24) is 0 Å². The second-order valence-electron chi connectivity index (χ2n) is 2.39. The highest BCUT2D eigenvalue weighted by molar-refractivity contribution is 5.90. The summed E-state index contributed by atoms with van der Waals surface area (Å²) in [6.45, 7) is 0. The number of carboxylic acids is 1. The topological polar surface area (TPSA) is 66.4 Å². The van der Waals surface area contributed by atoms with E-state index in [4.69, 9.17) is 4.74 Å². The van der Waals surface area contributed by atoms with E-state index in [9.17, 15) is 14.7 Å². The van der Waals surface area contributed by atoms with Crippen molar-refractivity contribution in [3.8, 4) is 5.75 Å². The summed E-state index contributed by atoms with van der Waals surface area (Å²) in [5.74, 6) is -1.82. The fourth-order valence-corrected chi connectivity index (χ4v) is 0.775. The third kappa shape index (κ3) is 3.53. The van der Waals surface area contributed by atoms with Gasteiger partial charge >= 0.3 is 5.97 Å². The molecular formula is C10H7O4-. The number of ether oxygens (including phenoxy) is 1. The Kier molecular flexibility index (Phi) is 3.43. The van der Waals surface area contributed by atoms with Crippen molar-refractivity contribution in [3.05, 3.63) is 42.5 Å². The minimum absolute atomic E-state index is 0.362. The number of carbonyl (C=O) groups excluding carboxylic acids is 2. The Labute approximate surface area is 80.4 Å². The van der Waals surface area contributed by atoms with E-state index in [0.29, 0.717) is 11.8 Å². The van der Waals surface area contributed by atoms with Crippen molar-refractivity contribution in [2.75, 3.05) is 0 Å². The molecule has 0 amide bonds. The third-order valence-corrected chi connectivity index (χ3v) is 1.32. The van der Waals surface area contributed by atoms with Crippen LogP contribution in [-0.2, 0) is 9.59 Å². The van der Waals surface area contributed by atoms with E-state index in [1.807, 2.05) is 0 Å². The Bertz CT molecular complexity index is 354. The maximum Gasteiger partial charge on any atom is 0.336 e. The summed E-state index contributed by atoms with van der Waals surface area (Å²) in [5.41, 5.74) is 0. The van der Waals surface area contributed by atoms with Gasteiger partial charge in [0, 0.05) is 6.08 Å². The van der Waals surface area contributed by atoms with Gasteiger partial charge in [0.15, 0.2) is 0 Å². The lowest BCUT2D eigenvalue weighted by Gasteiger charge is -1.99. The van der Waals surface area contributed by atoms with E-state index in [-0.39, 0.29) is 0 Å². The van der Waals surface area contributed by atoms with Crippen LogP contribution < -0.4 is 9.84 Å². The van der Waals surface area contributed by atoms with Gasteiger partial charge in [-0.25, -0.2) is 4.79 Å². The molecule has 0 saturated heterocycles. The average molecular weight is 191 g/mol. The zero-order chi connectivity index (χ0) is 10.4. The molecule has 0 aliphatic carbocycles.